The molecule has 0 aromatic heterocycles. The number of phenols is 2. The van der Waals surface area contributed by atoms with Crippen molar-refractivity contribution in [1.82, 2.24) is 0 Å². The first-order chi connectivity index (χ1) is 6.06. The molecule has 1 aromatic rings. The van der Waals surface area contributed by atoms with Crippen LogP contribution in [0.3, 0.4) is 0 Å². The fourth-order valence-electron chi connectivity index (χ4n) is 1.10. The molecule has 0 aliphatic rings. The summed E-state index contributed by atoms with van der Waals surface area (Å²) >= 11 is 0. The molecule has 0 saturated heterocycles. The van der Waals surface area contributed by atoms with E-state index in [4.69, 9.17) is 0 Å². The number of phenolic OH excluding ortho intramolecular Hbond substituents is 2. The number of aryl methyl sites for hydroxylation is 1. The predicted octanol–water partition coefficient (Wildman–Crippen LogP) is 2.00. The average Bonchev–Trinajstić information content (AvgIpc) is 2.10. The van der Waals surface area contributed by atoms with Crippen LogP contribution in [-0.4, -0.2) is 16.0 Å². The van der Waals surface area contributed by atoms with Crippen LogP contribution < -0.4 is 0 Å². The number of Topliss-reactive ketones (excluding diaryl/α,β-unsaturated/α-hetero) is 1. The highest BCUT2D eigenvalue weighted by molar-refractivity contribution is 5.98. The monoisotopic (exact) mass is 180 g/mol. The Morgan fingerprint density at radius 3 is 2.46 bits per heavy atom. The third kappa shape index (κ3) is 1.80. The molecule has 70 valence electrons. The van der Waals surface area contributed by atoms with Gasteiger partial charge in [0.1, 0.15) is 11.5 Å². The lowest BCUT2D eigenvalue weighted by Crippen LogP contribution is -1.97. The van der Waals surface area contributed by atoms with Crippen molar-refractivity contribution in [3.63, 3.8) is 0 Å². The van der Waals surface area contributed by atoms with E-state index >= 15 is 0 Å². The predicted molar refractivity (Wildman–Crippen MR) is 49.1 cm³/mol. The Morgan fingerprint density at radius 2 is 1.92 bits per heavy atom. The van der Waals surface area contributed by atoms with Crippen LogP contribution in [0.1, 0.15) is 29.3 Å². The van der Waals surface area contributed by atoms with Crippen LogP contribution >= 0.6 is 0 Å². The Labute approximate surface area is 76.6 Å². The SMILES string of the molecule is CCC(=O)c1cc(O)c(C)cc1O. The van der Waals surface area contributed by atoms with Crippen molar-refractivity contribution in [2.75, 3.05) is 0 Å². The molecule has 0 radical (unpaired) electrons. The van der Waals surface area contributed by atoms with Gasteiger partial charge in [0.15, 0.2) is 5.78 Å². The summed E-state index contributed by atoms with van der Waals surface area (Å²) in [5.41, 5.74) is 0.746. The molecule has 0 saturated carbocycles. The van der Waals surface area contributed by atoms with Gasteiger partial charge in [0.05, 0.1) is 5.56 Å². The minimum atomic E-state index is -0.173. The van der Waals surface area contributed by atoms with E-state index in [-0.39, 0.29) is 22.8 Å². The van der Waals surface area contributed by atoms with Crippen molar-refractivity contribution in [3.8, 4) is 11.5 Å². The first-order valence-corrected chi connectivity index (χ1v) is 4.12. The van der Waals surface area contributed by atoms with Gasteiger partial charge < -0.3 is 10.2 Å². The first kappa shape index (κ1) is 9.58. The normalized spacial score (nSPS) is 10.0. The molecule has 3 heteroatoms. The van der Waals surface area contributed by atoms with Gasteiger partial charge in [0.2, 0.25) is 0 Å². The zero-order chi connectivity index (χ0) is 10.0. The highest BCUT2D eigenvalue weighted by Crippen LogP contribution is 2.27. The second-order valence-electron chi connectivity index (χ2n) is 2.93. The maximum atomic E-state index is 11.2. The van der Waals surface area contributed by atoms with Gasteiger partial charge in [-0.25, -0.2) is 0 Å². The number of rotatable bonds is 2. The van der Waals surface area contributed by atoms with Crippen LogP contribution in [0.2, 0.25) is 0 Å². The Kier molecular flexibility index (Phi) is 2.56. The summed E-state index contributed by atoms with van der Waals surface area (Å²) < 4.78 is 0. The molecule has 0 bridgehead atoms. The van der Waals surface area contributed by atoms with Crippen LogP contribution in [0.15, 0.2) is 12.1 Å². The maximum Gasteiger partial charge on any atom is 0.166 e. The highest BCUT2D eigenvalue weighted by atomic mass is 16.3. The molecule has 0 aliphatic heterocycles. The molecule has 13 heavy (non-hydrogen) atoms. The number of hydrogen-bond acceptors (Lipinski definition) is 3. The van der Waals surface area contributed by atoms with Gasteiger partial charge in [-0.2, -0.15) is 0 Å². The number of aromatic hydroxyl groups is 2. The minimum absolute atomic E-state index is 0.0367. The highest BCUT2D eigenvalue weighted by Gasteiger charge is 2.11. The van der Waals surface area contributed by atoms with Crippen molar-refractivity contribution in [2.45, 2.75) is 20.3 Å². The number of benzene rings is 1. The quantitative estimate of drug-likeness (QED) is 0.540. The van der Waals surface area contributed by atoms with Gasteiger partial charge in [0.25, 0.3) is 0 Å². The molecule has 0 atom stereocenters. The van der Waals surface area contributed by atoms with Gasteiger partial charge in [-0.3, -0.25) is 4.79 Å². The van der Waals surface area contributed by atoms with Crippen molar-refractivity contribution < 1.29 is 15.0 Å². The molecule has 0 amide bonds. The lowest BCUT2D eigenvalue weighted by molar-refractivity contribution is 0.0985. The summed E-state index contributed by atoms with van der Waals surface area (Å²) in [6.07, 6.45) is 0.316. The van der Waals surface area contributed by atoms with Crippen LogP contribution in [0.5, 0.6) is 11.5 Å². The standard InChI is InChI=1S/C10H12O3/c1-3-8(11)7-5-9(12)6(2)4-10(7)13/h4-5,12-13H,3H2,1-2H3. The molecule has 1 rings (SSSR count). The lowest BCUT2D eigenvalue weighted by atomic mass is 10.0. The lowest BCUT2D eigenvalue weighted by Gasteiger charge is -2.05. The summed E-state index contributed by atoms with van der Waals surface area (Å²) in [4.78, 5) is 11.2. The van der Waals surface area contributed by atoms with Crippen molar-refractivity contribution >= 4 is 5.78 Å². The molecule has 0 aliphatic carbocycles. The van der Waals surface area contributed by atoms with E-state index in [1.807, 2.05) is 0 Å². The van der Waals surface area contributed by atoms with E-state index in [0.29, 0.717) is 12.0 Å². The summed E-state index contributed by atoms with van der Waals surface area (Å²) in [7, 11) is 0. The second kappa shape index (κ2) is 3.47. The topological polar surface area (TPSA) is 57.5 Å². The van der Waals surface area contributed by atoms with E-state index in [9.17, 15) is 15.0 Å². The molecular formula is C10H12O3. The van der Waals surface area contributed by atoms with Crippen LogP contribution in [0.4, 0.5) is 0 Å². The average molecular weight is 180 g/mol. The number of ketones is 1. The van der Waals surface area contributed by atoms with E-state index in [1.54, 1.807) is 13.8 Å². The summed E-state index contributed by atoms with van der Waals surface area (Å²) in [6, 6.07) is 2.69. The summed E-state index contributed by atoms with van der Waals surface area (Å²) in [6.45, 7) is 3.37. The van der Waals surface area contributed by atoms with E-state index in [1.165, 1.54) is 12.1 Å². The van der Waals surface area contributed by atoms with Crippen molar-refractivity contribution in [1.29, 1.82) is 0 Å². The number of carbonyl (C=O) groups excluding carboxylic acids is 1. The third-order valence-electron chi connectivity index (χ3n) is 1.94. The Morgan fingerprint density at radius 1 is 1.31 bits per heavy atom. The number of carbonyl (C=O) groups is 1. The summed E-state index contributed by atoms with van der Waals surface area (Å²) in [5, 5.41) is 18.7. The Bertz CT molecular complexity index is 342. The molecule has 0 spiro atoms. The largest absolute Gasteiger partial charge is 0.508 e. The molecule has 0 fully saturated rings. The van der Waals surface area contributed by atoms with Crippen LogP contribution in [-0.2, 0) is 0 Å². The fraction of sp³-hybridized carbons (Fsp3) is 0.300. The molecule has 0 heterocycles. The second-order valence-corrected chi connectivity index (χ2v) is 2.93. The van der Waals surface area contributed by atoms with E-state index in [0.717, 1.165) is 0 Å². The Hall–Kier alpha value is -1.51. The minimum Gasteiger partial charge on any atom is -0.508 e. The zero-order valence-electron chi connectivity index (χ0n) is 7.66. The van der Waals surface area contributed by atoms with Crippen molar-refractivity contribution in [2.24, 2.45) is 0 Å². The number of hydrogen-bond donors (Lipinski definition) is 2. The molecule has 3 nitrogen and oxygen atoms in total. The van der Waals surface area contributed by atoms with E-state index in [2.05, 4.69) is 0 Å². The van der Waals surface area contributed by atoms with Gasteiger partial charge in [-0.1, -0.05) is 6.92 Å². The molecular weight excluding hydrogens is 168 g/mol. The Balaban J connectivity index is 3.23. The van der Waals surface area contributed by atoms with Gasteiger partial charge in [-0.05, 0) is 24.6 Å². The van der Waals surface area contributed by atoms with Crippen LogP contribution in [0.25, 0.3) is 0 Å². The molecule has 2 N–H and O–H groups in total. The molecule has 1 aromatic carbocycles. The summed E-state index contributed by atoms with van der Waals surface area (Å²) in [5.74, 6) is -0.204. The molecule has 0 unspecified atom stereocenters. The zero-order valence-corrected chi connectivity index (χ0v) is 7.66. The maximum absolute atomic E-state index is 11.2. The first-order valence-electron chi connectivity index (χ1n) is 4.12. The van der Waals surface area contributed by atoms with Crippen LogP contribution in [0, 0.1) is 6.92 Å². The third-order valence-corrected chi connectivity index (χ3v) is 1.94. The van der Waals surface area contributed by atoms with Crippen molar-refractivity contribution in [3.05, 3.63) is 23.3 Å². The fourth-order valence-corrected chi connectivity index (χ4v) is 1.10. The van der Waals surface area contributed by atoms with Gasteiger partial charge in [0, 0.05) is 6.42 Å². The van der Waals surface area contributed by atoms with Gasteiger partial charge in [-0.15, -0.1) is 0 Å². The smallest absolute Gasteiger partial charge is 0.166 e. The van der Waals surface area contributed by atoms with Gasteiger partial charge >= 0.3 is 0 Å². The van der Waals surface area contributed by atoms with E-state index < -0.39 is 0 Å².